The monoisotopic (exact) mass is 236 g/mol. The van der Waals surface area contributed by atoms with Crippen LogP contribution in [-0.4, -0.2) is 29.7 Å². The molecule has 2 heterocycles. The molecule has 0 aromatic carbocycles. The van der Waals surface area contributed by atoms with Crippen molar-refractivity contribution in [2.75, 3.05) is 0 Å². The van der Waals surface area contributed by atoms with E-state index in [1.165, 1.54) is 10.8 Å². The summed E-state index contributed by atoms with van der Waals surface area (Å²) in [5.41, 5.74) is -0.131. The number of carbonyl (C=O) groups excluding carboxylic acids is 1. The van der Waals surface area contributed by atoms with Gasteiger partial charge in [0.05, 0.1) is 5.56 Å². The van der Waals surface area contributed by atoms with Crippen LogP contribution >= 0.6 is 12.2 Å². The Bertz CT molecular complexity index is 524. The first-order chi connectivity index (χ1) is 7.61. The normalized spacial score (nSPS) is 24.5. The zero-order valence-corrected chi connectivity index (χ0v) is 9.20. The van der Waals surface area contributed by atoms with Crippen molar-refractivity contribution in [1.29, 1.82) is 0 Å². The Labute approximate surface area is 97.8 Å². The molecule has 1 aromatic heterocycles. The van der Waals surface area contributed by atoms with E-state index in [1.54, 1.807) is 0 Å². The average Bonchev–Trinajstić information content (AvgIpc) is 2.65. The van der Waals surface area contributed by atoms with Crippen LogP contribution in [0.15, 0.2) is 11.0 Å². The van der Waals surface area contributed by atoms with Gasteiger partial charge in [-0.2, -0.15) is 0 Å². The molecule has 2 atom stereocenters. The molecule has 0 amide bonds. The Balaban J connectivity index is 2.45. The molecule has 0 saturated carbocycles. The molecule has 2 rings (SSSR count). The number of aromatic nitrogens is 2. The van der Waals surface area contributed by atoms with Crippen LogP contribution in [0.1, 0.15) is 29.4 Å². The van der Waals surface area contributed by atoms with Gasteiger partial charge in [0.1, 0.15) is 18.7 Å². The summed E-state index contributed by atoms with van der Waals surface area (Å²) in [7, 11) is 5.58. The molecule has 82 valence electrons. The molecule has 16 heavy (non-hydrogen) atoms. The standard InChI is InChI=1S/C9H9BN2O3S/c10-6-1-2-7(15-6)12-3-5(4-13)8(16)11-9(12)14/h3-4,6-7H,1-2H2,(H,11,14,16)/t6-,7?/m0/s1. The topological polar surface area (TPSA) is 64.1 Å². The van der Waals surface area contributed by atoms with Gasteiger partial charge in [0.2, 0.25) is 0 Å². The number of H-pyrrole nitrogens is 1. The van der Waals surface area contributed by atoms with Crippen LogP contribution in [0.2, 0.25) is 0 Å². The van der Waals surface area contributed by atoms with E-state index in [0.717, 1.165) is 0 Å². The number of ether oxygens (including phenoxy) is 1. The lowest BCUT2D eigenvalue weighted by atomic mass is 9.98. The third-order valence-corrected chi connectivity index (χ3v) is 2.80. The molecule has 7 heteroatoms. The lowest BCUT2D eigenvalue weighted by Crippen LogP contribution is -2.27. The smallest absolute Gasteiger partial charge is 0.328 e. The minimum Gasteiger partial charge on any atom is -0.364 e. The van der Waals surface area contributed by atoms with Crippen molar-refractivity contribution in [3.8, 4) is 0 Å². The third-order valence-electron chi connectivity index (χ3n) is 2.46. The first-order valence-corrected chi connectivity index (χ1v) is 5.24. The molecule has 1 aliphatic heterocycles. The zero-order valence-electron chi connectivity index (χ0n) is 8.38. The lowest BCUT2D eigenvalue weighted by Gasteiger charge is -2.14. The molecular formula is C9H9BN2O3S. The maximum Gasteiger partial charge on any atom is 0.328 e. The molecule has 1 aromatic rings. The number of nitrogens with zero attached hydrogens (tertiary/aromatic N) is 1. The Morgan fingerprint density at radius 1 is 1.62 bits per heavy atom. The van der Waals surface area contributed by atoms with Crippen molar-refractivity contribution in [2.45, 2.75) is 25.1 Å². The number of aldehydes is 1. The molecule has 1 saturated heterocycles. The largest absolute Gasteiger partial charge is 0.364 e. The van der Waals surface area contributed by atoms with Crippen LogP contribution in [0.25, 0.3) is 0 Å². The molecule has 1 N–H and O–H groups in total. The van der Waals surface area contributed by atoms with E-state index >= 15 is 0 Å². The second kappa shape index (κ2) is 4.35. The fourth-order valence-electron chi connectivity index (χ4n) is 1.65. The van der Waals surface area contributed by atoms with E-state index in [-0.39, 0.29) is 16.2 Å². The molecule has 2 radical (unpaired) electrons. The number of aromatic amines is 1. The highest BCUT2D eigenvalue weighted by Crippen LogP contribution is 2.25. The summed E-state index contributed by atoms with van der Waals surface area (Å²) in [6.07, 6.45) is 2.90. The molecule has 0 bridgehead atoms. The van der Waals surface area contributed by atoms with E-state index in [1.807, 2.05) is 0 Å². The van der Waals surface area contributed by atoms with Gasteiger partial charge in [0.15, 0.2) is 6.29 Å². The van der Waals surface area contributed by atoms with Gasteiger partial charge < -0.3 is 4.74 Å². The molecule has 1 aliphatic rings. The molecule has 5 nitrogen and oxygen atoms in total. The van der Waals surface area contributed by atoms with E-state index in [2.05, 4.69) is 4.98 Å². The molecule has 1 unspecified atom stereocenters. The van der Waals surface area contributed by atoms with E-state index < -0.39 is 11.9 Å². The van der Waals surface area contributed by atoms with E-state index in [0.29, 0.717) is 19.1 Å². The summed E-state index contributed by atoms with van der Waals surface area (Å²) in [6, 6.07) is -0.361. The Hall–Kier alpha value is -1.21. The van der Waals surface area contributed by atoms with Gasteiger partial charge in [0, 0.05) is 12.2 Å². The predicted octanol–water partition coefficient (Wildman–Crippen LogP) is 0.522. The maximum atomic E-state index is 11.6. The van der Waals surface area contributed by atoms with Crippen molar-refractivity contribution in [3.63, 3.8) is 0 Å². The Kier molecular flexibility index (Phi) is 3.07. The lowest BCUT2D eigenvalue weighted by molar-refractivity contribution is 0.0339. The van der Waals surface area contributed by atoms with Gasteiger partial charge in [-0.05, 0) is 12.8 Å². The predicted molar refractivity (Wildman–Crippen MR) is 60.2 cm³/mol. The quantitative estimate of drug-likeness (QED) is 0.462. The van der Waals surface area contributed by atoms with Gasteiger partial charge in [-0.25, -0.2) is 4.79 Å². The fourth-order valence-corrected chi connectivity index (χ4v) is 1.84. The van der Waals surface area contributed by atoms with Crippen molar-refractivity contribution in [2.24, 2.45) is 0 Å². The Morgan fingerprint density at radius 3 is 2.94 bits per heavy atom. The summed E-state index contributed by atoms with van der Waals surface area (Å²) in [4.78, 5) is 24.7. The van der Waals surface area contributed by atoms with Crippen LogP contribution < -0.4 is 5.69 Å². The molecule has 0 aliphatic carbocycles. The number of carbonyl (C=O) groups is 1. The highest BCUT2D eigenvalue weighted by molar-refractivity contribution is 7.71. The van der Waals surface area contributed by atoms with Crippen molar-refractivity contribution >= 4 is 26.4 Å². The van der Waals surface area contributed by atoms with Crippen LogP contribution in [0, 0.1) is 4.64 Å². The second-order valence-electron chi connectivity index (χ2n) is 3.58. The minimum atomic E-state index is -0.423. The summed E-state index contributed by atoms with van der Waals surface area (Å²) < 4.78 is 6.79. The Morgan fingerprint density at radius 2 is 2.38 bits per heavy atom. The highest BCUT2D eigenvalue weighted by Gasteiger charge is 2.23. The zero-order chi connectivity index (χ0) is 11.7. The molecule has 1 fully saturated rings. The van der Waals surface area contributed by atoms with Crippen LogP contribution in [0.3, 0.4) is 0 Å². The van der Waals surface area contributed by atoms with Gasteiger partial charge >= 0.3 is 5.69 Å². The summed E-state index contributed by atoms with van der Waals surface area (Å²) >= 11 is 4.83. The van der Waals surface area contributed by atoms with E-state index in [9.17, 15) is 9.59 Å². The van der Waals surface area contributed by atoms with E-state index in [4.69, 9.17) is 24.8 Å². The first-order valence-electron chi connectivity index (χ1n) is 4.83. The molecule has 0 spiro atoms. The summed E-state index contributed by atoms with van der Waals surface area (Å²) in [5, 5.41) is 0. The molecular weight excluding hydrogens is 227 g/mol. The van der Waals surface area contributed by atoms with Crippen molar-refractivity contribution < 1.29 is 9.53 Å². The summed E-state index contributed by atoms with van der Waals surface area (Å²) in [6.45, 7) is 0. The van der Waals surface area contributed by atoms with Crippen LogP contribution in [0.5, 0.6) is 0 Å². The average molecular weight is 236 g/mol. The van der Waals surface area contributed by atoms with Crippen molar-refractivity contribution in [1.82, 2.24) is 9.55 Å². The highest BCUT2D eigenvalue weighted by atomic mass is 32.1. The van der Waals surface area contributed by atoms with Crippen LogP contribution in [-0.2, 0) is 4.74 Å². The van der Waals surface area contributed by atoms with Gasteiger partial charge in [-0.3, -0.25) is 14.3 Å². The van der Waals surface area contributed by atoms with Gasteiger partial charge in [-0.15, -0.1) is 0 Å². The second-order valence-corrected chi connectivity index (χ2v) is 3.98. The number of hydrogen-bond acceptors (Lipinski definition) is 4. The van der Waals surface area contributed by atoms with Gasteiger partial charge in [-0.1, -0.05) is 12.2 Å². The van der Waals surface area contributed by atoms with Gasteiger partial charge in [0.25, 0.3) is 0 Å². The SMILES string of the molecule is [B][C@@H]1CCC(n2cc(C=O)c(=S)[nH]c2=O)O1. The third kappa shape index (κ3) is 2.01. The van der Waals surface area contributed by atoms with Crippen LogP contribution in [0.4, 0.5) is 0 Å². The maximum absolute atomic E-state index is 11.6. The summed E-state index contributed by atoms with van der Waals surface area (Å²) in [5.74, 6) is 0. The first kappa shape index (κ1) is 11.3. The number of hydrogen-bond donors (Lipinski definition) is 1. The number of nitrogens with one attached hydrogen (secondary N) is 1. The fraction of sp³-hybridized carbons (Fsp3) is 0.444. The minimum absolute atomic E-state index is 0.138. The number of rotatable bonds is 2. The van der Waals surface area contributed by atoms with Crippen molar-refractivity contribution in [3.05, 3.63) is 26.9 Å².